The standard InChI is InChI=1S/C6H6N6O/c7-6(13)12-10-4-3-8-1-2-9-5(4)11-12/h1-3,10H,(H2,7,13). The number of amides is 2. The normalized spacial score (nSPS) is 18.6. The Morgan fingerprint density at radius 2 is 2.38 bits per heavy atom. The molecule has 2 aliphatic heterocycles. The predicted octanol–water partition coefficient (Wildman–Crippen LogP) is -0.805. The number of primary amides is 1. The van der Waals surface area contributed by atoms with Crippen LogP contribution in [-0.4, -0.2) is 29.4 Å². The highest BCUT2D eigenvalue weighted by Gasteiger charge is 2.22. The van der Waals surface area contributed by atoms with E-state index < -0.39 is 6.03 Å². The molecule has 0 saturated heterocycles. The molecular weight excluding hydrogens is 172 g/mol. The fourth-order valence-electron chi connectivity index (χ4n) is 0.884. The van der Waals surface area contributed by atoms with Gasteiger partial charge in [0.15, 0.2) is 0 Å². The number of carbonyl (C=O) groups excluding carboxylic acids is 1. The van der Waals surface area contributed by atoms with Gasteiger partial charge in [0.05, 0.1) is 6.20 Å². The Morgan fingerprint density at radius 1 is 1.54 bits per heavy atom. The van der Waals surface area contributed by atoms with Crippen LogP contribution in [0, 0.1) is 0 Å². The van der Waals surface area contributed by atoms with Crippen LogP contribution in [0.4, 0.5) is 4.79 Å². The number of nitrogens with zero attached hydrogens (tertiary/aromatic N) is 4. The topological polar surface area (TPSA) is 95.4 Å². The third-order valence-corrected chi connectivity index (χ3v) is 1.42. The minimum atomic E-state index is -0.694. The summed E-state index contributed by atoms with van der Waals surface area (Å²) < 4.78 is 0. The van der Waals surface area contributed by atoms with Gasteiger partial charge in [0, 0.05) is 12.4 Å². The maximum absolute atomic E-state index is 10.7. The average Bonchev–Trinajstić information content (AvgIpc) is 2.38. The van der Waals surface area contributed by atoms with Gasteiger partial charge in [-0.25, -0.2) is 9.79 Å². The van der Waals surface area contributed by atoms with Crippen molar-refractivity contribution < 1.29 is 4.79 Å². The number of amidine groups is 1. The van der Waals surface area contributed by atoms with Crippen LogP contribution in [0.3, 0.4) is 0 Å². The zero-order valence-corrected chi connectivity index (χ0v) is 6.51. The van der Waals surface area contributed by atoms with E-state index in [4.69, 9.17) is 5.73 Å². The average molecular weight is 178 g/mol. The lowest BCUT2D eigenvalue weighted by Gasteiger charge is -2.07. The molecule has 0 saturated carbocycles. The molecule has 0 spiro atoms. The van der Waals surface area contributed by atoms with Gasteiger partial charge in [-0.2, -0.15) is 0 Å². The van der Waals surface area contributed by atoms with Crippen molar-refractivity contribution in [2.75, 3.05) is 0 Å². The Balaban J connectivity index is 2.31. The van der Waals surface area contributed by atoms with Gasteiger partial charge in [-0.1, -0.05) is 0 Å². The number of fused-ring (bicyclic) bond motifs is 1. The molecule has 7 heteroatoms. The number of aliphatic imine (C=N–C) groups is 2. The van der Waals surface area contributed by atoms with Crippen molar-refractivity contribution in [2.45, 2.75) is 0 Å². The van der Waals surface area contributed by atoms with E-state index in [0.717, 1.165) is 5.12 Å². The van der Waals surface area contributed by atoms with Crippen LogP contribution in [0.1, 0.15) is 0 Å². The molecule has 0 unspecified atom stereocenters. The van der Waals surface area contributed by atoms with Crippen LogP contribution < -0.4 is 11.2 Å². The summed E-state index contributed by atoms with van der Waals surface area (Å²) in [6, 6.07) is -0.694. The smallest absolute Gasteiger partial charge is 0.348 e. The highest BCUT2D eigenvalue weighted by atomic mass is 16.2. The summed E-state index contributed by atoms with van der Waals surface area (Å²) in [6.07, 6.45) is 4.51. The second-order valence-corrected chi connectivity index (χ2v) is 2.30. The van der Waals surface area contributed by atoms with E-state index in [1.165, 1.54) is 18.6 Å². The molecule has 0 fully saturated rings. The SMILES string of the molecule is NC(=O)N1N=C2N=CC=NC=C2N1. The molecule has 0 aliphatic carbocycles. The summed E-state index contributed by atoms with van der Waals surface area (Å²) >= 11 is 0. The first-order valence-corrected chi connectivity index (χ1v) is 3.48. The van der Waals surface area contributed by atoms with Gasteiger partial charge >= 0.3 is 6.03 Å². The zero-order valence-electron chi connectivity index (χ0n) is 6.51. The van der Waals surface area contributed by atoms with Crippen molar-refractivity contribution in [2.24, 2.45) is 20.8 Å². The van der Waals surface area contributed by atoms with E-state index in [-0.39, 0.29) is 0 Å². The minimum Gasteiger partial charge on any atom is -0.348 e. The lowest BCUT2D eigenvalue weighted by atomic mass is 10.4. The van der Waals surface area contributed by atoms with Gasteiger partial charge < -0.3 is 5.73 Å². The summed E-state index contributed by atoms with van der Waals surface area (Å²) in [5.74, 6) is 0.385. The van der Waals surface area contributed by atoms with E-state index >= 15 is 0 Å². The molecule has 0 atom stereocenters. The number of rotatable bonds is 0. The minimum absolute atomic E-state index is 0.385. The van der Waals surface area contributed by atoms with Gasteiger partial charge in [-0.3, -0.25) is 10.4 Å². The molecule has 2 aliphatic rings. The number of hydrogen-bond donors (Lipinski definition) is 2. The molecule has 13 heavy (non-hydrogen) atoms. The molecular formula is C6H6N6O. The summed E-state index contributed by atoms with van der Waals surface area (Å²) in [4.78, 5) is 18.5. The summed E-state index contributed by atoms with van der Waals surface area (Å²) in [5.41, 5.74) is 8.16. The lowest BCUT2D eigenvalue weighted by molar-refractivity contribution is 0.198. The molecule has 3 N–H and O–H groups in total. The predicted molar refractivity (Wildman–Crippen MR) is 47.1 cm³/mol. The van der Waals surface area contributed by atoms with Crippen LogP contribution in [0.25, 0.3) is 0 Å². The van der Waals surface area contributed by atoms with Crippen LogP contribution >= 0.6 is 0 Å². The Hall–Kier alpha value is -2.18. The largest absolute Gasteiger partial charge is 0.355 e. The molecule has 0 aromatic rings. The maximum atomic E-state index is 10.7. The molecule has 0 aromatic carbocycles. The first kappa shape index (κ1) is 7.47. The summed E-state index contributed by atoms with van der Waals surface area (Å²) in [7, 11) is 0. The van der Waals surface area contributed by atoms with Crippen molar-refractivity contribution in [3.63, 3.8) is 0 Å². The quantitative estimate of drug-likeness (QED) is 0.507. The molecule has 7 nitrogen and oxygen atoms in total. The van der Waals surface area contributed by atoms with Crippen molar-refractivity contribution in [1.29, 1.82) is 0 Å². The van der Waals surface area contributed by atoms with E-state index in [0.29, 0.717) is 11.5 Å². The van der Waals surface area contributed by atoms with Crippen LogP contribution in [-0.2, 0) is 0 Å². The van der Waals surface area contributed by atoms with E-state index in [1.54, 1.807) is 0 Å². The summed E-state index contributed by atoms with van der Waals surface area (Å²) in [6.45, 7) is 0. The first-order chi connectivity index (χ1) is 6.27. The zero-order chi connectivity index (χ0) is 9.26. The first-order valence-electron chi connectivity index (χ1n) is 3.48. The third kappa shape index (κ3) is 1.26. The number of urea groups is 1. The molecule has 66 valence electrons. The van der Waals surface area contributed by atoms with E-state index in [1.807, 2.05) is 0 Å². The number of nitrogens with two attached hydrogens (primary N) is 1. The van der Waals surface area contributed by atoms with Gasteiger partial charge in [0.2, 0.25) is 5.84 Å². The summed E-state index contributed by atoms with van der Waals surface area (Å²) in [5, 5.41) is 4.69. The Labute approximate surface area is 73.3 Å². The van der Waals surface area contributed by atoms with Crippen molar-refractivity contribution in [3.05, 3.63) is 11.9 Å². The number of hydrogen-bond acceptors (Lipinski definition) is 5. The maximum Gasteiger partial charge on any atom is 0.355 e. The monoisotopic (exact) mass is 178 g/mol. The molecule has 2 rings (SSSR count). The number of hydrazine groups is 1. The van der Waals surface area contributed by atoms with Crippen molar-refractivity contribution in [3.8, 4) is 0 Å². The Kier molecular flexibility index (Phi) is 1.55. The van der Waals surface area contributed by atoms with Crippen LogP contribution in [0.15, 0.2) is 27.0 Å². The highest BCUT2D eigenvalue weighted by Crippen LogP contribution is 2.08. The second kappa shape index (κ2) is 2.70. The van der Waals surface area contributed by atoms with Crippen LogP contribution in [0.2, 0.25) is 0 Å². The van der Waals surface area contributed by atoms with Crippen molar-refractivity contribution in [1.82, 2.24) is 10.5 Å². The second-order valence-electron chi connectivity index (χ2n) is 2.30. The van der Waals surface area contributed by atoms with E-state index in [9.17, 15) is 4.79 Å². The Bertz CT molecular complexity index is 365. The molecule has 2 heterocycles. The molecule has 0 bridgehead atoms. The molecule has 2 amide bonds. The van der Waals surface area contributed by atoms with Gasteiger partial charge in [0.1, 0.15) is 5.70 Å². The van der Waals surface area contributed by atoms with Gasteiger partial charge in [0.25, 0.3) is 0 Å². The fourth-order valence-corrected chi connectivity index (χ4v) is 0.884. The number of carbonyl (C=O) groups is 1. The molecule has 0 aromatic heterocycles. The number of nitrogens with one attached hydrogen (secondary N) is 1. The van der Waals surface area contributed by atoms with Gasteiger partial charge in [-0.15, -0.1) is 10.2 Å². The van der Waals surface area contributed by atoms with Crippen molar-refractivity contribution >= 4 is 24.3 Å². The van der Waals surface area contributed by atoms with Crippen LogP contribution in [0.5, 0.6) is 0 Å². The third-order valence-electron chi connectivity index (χ3n) is 1.42. The fraction of sp³-hybridized carbons (Fsp3) is 0. The number of hydrazone groups is 1. The Morgan fingerprint density at radius 3 is 3.15 bits per heavy atom. The molecule has 0 radical (unpaired) electrons. The highest BCUT2D eigenvalue weighted by molar-refractivity contribution is 6.22. The van der Waals surface area contributed by atoms with E-state index in [2.05, 4.69) is 20.5 Å². The van der Waals surface area contributed by atoms with Gasteiger partial charge in [-0.05, 0) is 0 Å². The lowest BCUT2D eigenvalue weighted by Crippen LogP contribution is -2.37.